The Bertz CT molecular complexity index is 450. The van der Waals surface area contributed by atoms with Crippen molar-refractivity contribution >= 4 is 18.5 Å². The number of hydrogen-bond acceptors (Lipinski definition) is 4. The fraction of sp³-hybridized carbons (Fsp3) is 0.400. The lowest BCUT2D eigenvalue weighted by atomic mass is 10.1. The first-order valence-corrected chi connectivity index (χ1v) is 6.53. The van der Waals surface area contributed by atoms with E-state index in [1.807, 2.05) is 30.3 Å². The van der Waals surface area contributed by atoms with Crippen LogP contribution in [0.3, 0.4) is 0 Å². The molecule has 0 N–H and O–H groups in total. The predicted octanol–water partition coefficient (Wildman–Crippen LogP) is 2.48. The highest BCUT2D eigenvalue weighted by atomic mass is 16.5. The number of aliphatic imine (C=N–C) groups is 1. The Balaban J connectivity index is 2.10. The summed E-state index contributed by atoms with van der Waals surface area (Å²) in [5, 5.41) is 0. The van der Waals surface area contributed by atoms with Gasteiger partial charge in [-0.3, -0.25) is 9.79 Å². The van der Waals surface area contributed by atoms with Crippen LogP contribution in [0.4, 0.5) is 0 Å². The third kappa shape index (κ3) is 3.74. The Kier molecular flexibility index (Phi) is 4.84. The molecule has 0 amide bonds. The summed E-state index contributed by atoms with van der Waals surface area (Å²) in [5.74, 6) is -0.379. The molecule has 0 aliphatic heterocycles. The van der Waals surface area contributed by atoms with E-state index < -0.39 is 6.04 Å². The van der Waals surface area contributed by atoms with Gasteiger partial charge in [0, 0.05) is 0 Å². The summed E-state index contributed by atoms with van der Waals surface area (Å²) in [6.07, 6.45) is 5.73. The first-order valence-electron chi connectivity index (χ1n) is 6.53. The molecule has 1 aromatic rings. The molecule has 0 unspecified atom stereocenters. The molecule has 0 bridgehead atoms. The number of hydrogen-bond donors (Lipinski definition) is 0. The number of rotatable bonds is 5. The van der Waals surface area contributed by atoms with E-state index in [4.69, 9.17) is 4.74 Å². The van der Waals surface area contributed by atoms with Gasteiger partial charge >= 0.3 is 5.97 Å². The van der Waals surface area contributed by atoms with Gasteiger partial charge in [0.1, 0.15) is 6.10 Å². The zero-order valence-electron chi connectivity index (χ0n) is 10.7. The van der Waals surface area contributed by atoms with Gasteiger partial charge < -0.3 is 4.74 Å². The molecule has 0 saturated heterocycles. The van der Waals surface area contributed by atoms with Crippen LogP contribution in [-0.2, 0) is 14.3 Å². The molecule has 0 heterocycles. The van der Waals surface area contributed by atoms with Crippen molar-refractivity contribution in [1.82, 2.24) is 0 Å². The van der Waals surface area contributed by atoms with Crippen LogP contribution in [0, 0.1) is 0 Å². The second-order valence-electron chi connectivity index (χ2n) is 4.59. The molecule has 1 saturated carbocycles. The topological polar surface area (TPSA) is 55.7 Å². The molecule has 4 nitrogen and oxygen atoms in total. The molecule has 1 atom stereocenters. The highest BCUT2D eigenvalue weighted by molar-refractivity contribution is 6.13. The molecular weight excluding hydrogens is 242 g/mol. The van der Waals surface area contributed by atoms with Crippen molar-refractivity contribution in [2.45, 2.75) is 37.8 Å². The van der Waals surface area contributed by atoms with Crippen LogP contribution in [0.5, 0.6) is 0 Å². The highest BCUT2D eigenvalue weighted by Gasteiger charge is 2.25. The van der Waals surface area contributed by atoms with Crippen LogP contribution in [0.2, 0.25) is 0 Å². The fourth-order valence-electron chi connectivity index (χ4n) is 2.27. The van der Waals surface area contributed by atoms with E-state index >= 15 is 0 Å². The number of carbonyl (C=O) groups is 2. The molecule has 1 aliphatic carbocycles. The average molecular weight is 259 g/mol. The average Bonchev–Trinajstić information content (AvgIpc) is 2.93. The van der Waals surface area contributed by atoms with Gasteiger partial charge in [0.25, 0.3) is 0 Å². The number of aldehydes is 1. The third-order valence-electron chi connectivity index (χ3n) is 3.22. The van der Waals surface area contributed by atoms with Crippen molar-refractivity contribution in [1.29, 1.82) is 0 Å². The molecule has 1 aliphatic rings. The van der Waals surface area contributed by atoms with Crippen molar-refractivity contribution in [3.8, 4) is 0 Å². The summed E-state index contributed by atoms with van der Waals surface area (Å²) in [4.78, 5) is 26.5. The predicted molar refractivity (Wildman–Crippen MR) is 72.1 cm³/mol. The number of nitrogens with zero attached hydrogens (tertiary/aromatic N) is 1. The van der Waals surface area contributed by atoms with Crippen molar-refractivity contribution in [2.75, 3.05) is 0 Å². The molecule has 100 valence electrons. The first-order chi connectivity index (χ1) is 9.31. The van der Waals surface area contributed by atoms with E-state index in [0.29, 0.717) is 6.29 Å². The van der Waals surface area contributed by atoms with Crippen LogP contribution in [-0.4, -0.2) is 24.6 Å². The largest absolute Gasteiger partial charge is 0.461 e. The van der Waals surface area contributed by atoms with Crippen LogP contribution in [0.1, 0.15) is 37.3 Å². The molecular formula is C15H17NO3. The Hall–Kier alpha value is -1.97. The second kappa shape index (κ2) is 6.83. The Morgan fingerprint density at radius 3 is 2.58 bits per heavy atom. The zero-order valence-corrected chi connectivity index (χ0v) is 10.7. The minimum Gasteiger partial charge on any atom is -0.461 e. The number of esters is 1. The number of ether oxygens (including phenoxy) is 1. The molecule has 19 heavy (non-hydrogen) atoms. The lowest BCUT2D eigenvalue weighted by molar-refractivity contribution is -0.150. The number of carbonyl (C=O) groups excluding carboxylic acids is 2. The molecule has 1 aromatic carbocycles. The quantitative estimate of drug-likeness (QED) is 0.463. The van der Waals surface area contributed by atoms with Crippen molar-refractivity contribution in [3.05, 3.63) is 35.9 Å². The van der Waals surface area contributed by atoms with Crippen LogP contribution in [0.25, 0.3) is 0 Å². The first kappa shape index (κ1) is 13.5. The Labute approximate surface area is 112 Å². The van der Waals surface area contributed by atoms with Gasteiger partial charge in [-0.1, -0.05) is 30.3 Å². The van der Waals surface area contributed by atoms with Crippen molar-refractivity contribution in [2.24, 2.45) is 4.99 Å². The Morgan fingerprint density at radius 1 is 1.26 bits per heavy atom. The summed E-state index contributed by atoms with van der Waals surface area (Å²) in [7, 11) is 0. The van der Waals surface area contributed by atoms with Crippen molar-refractivity contribution < 1.29 is 14.3 Å². The van der Waals surface area contributed by atoms with E-state index in [0.717, 1.165) is 37.5 Å². The van der Waals surface area contributed by atoms with E-state index in [1.54, 1.807) is 0 Å². The standard InChI is InChI=1S/C15H17NO3/c17-11-10-16-14(12-6-2-1-3-7-12)15(18)19-13-8-4-5-9-13/h1-3,6-7,10-11,13-14H,4-5,8-9H2/t14-/m0/s1. The summed E-state index contributed by atoms with van der Waals surface area (Å²) in [6, 6.07) is 8.41. The van der Waals surface area contributed by atoms with Gasteiger partial charge in [-0.2, -0.15) is 0 Å². The normalized spacial score (nSPS) is 17.5. The molecule has 2 rings (SSSR count). The number of benzene rings is 1. The summed E-state index contributed by atoms with van der Waals surface area (Å²) in [6.45, 7) is 0. The molecule has 0 aromatic heterocycles. The maximum atomic E-state index is 12.2. The van der Waals surface area contributed by atoms with E-state index in [-0.39, 0.29) is 12.1 Å². The maximum absolute atomic E-state index is 12.2. The van der Waals surface area contributed by atoms with Gasteiger partial charge in [-0.05, 0) is 31.2 Å². The Morgan fingerprint density at radius 2 is 1.95 bits per heavy atom. The summed E-state index contributed by atoms with van der Waals surface area (Å²) in [5.41, 5.74) is 0.739. The van der Waals surface area contributed by atoms with Gasteiger partial charge in [0.05, 0.1) is 6.21 Å². The zero-order chi connectivity index (χ0) is 13.5. The van der Waals surface area contributed by atoms with Crippen LogP contribution in [0.15, 0.2) is 35.3 Å². The van der Waals surface area contributed by atoms with E-state index in [2.05, 4.69) is 4.99 Å². The SMILES string of the molecule is O=CC=N[C@H](C(=O)OC1CCCC1)c1ccccc1. The summed E-state index contributed by atoms with van der Waals surface area (Å²) >= 11 is 0. The molecule has 0 spiro atoms. The molecule has 4 heteroatoms. The second-order valence-corrected chi connectivity index (χ2v) is 4.59. The van der Waals surface area contributed by atoms with E-state index in [9.17, 15) is 9.59 Å². The third-order valence-corrected chi connectivity index (χ3v) is 3.22. The van der Waals surface area contributed by atoms with Crippen molar-refractivity contribution in [3.63, 3.8) is 0 Å². The fourth-order valence-corrected chi connectivity index (χ4v) is 2.27. The van der Waals surface area contributed by atoms with Gasteiger partial charge in [0.2, 0.25) is 0 Å². The monoisotopic (exact) mass is 259 g/mol. The van der Waals surface area contributed by atoms with Crippen LogP contribution >= 0.6 is 0 Å². The maximum Gasteiger partial charge on any atom is 0.335 e. The highest BCUT2D eigenvalue weighted by Crippen LogP contribution is 2.25. The van der Waals surface area contributed by atoms with E-state index in [1.165, 1.54) is 0 Å². The minimum absolute atomic E-state index is 0.00476. The lowest BCUT2D eigenvalue weighted by Crippen LogP contribution is -2.20. The van der Waals surface area contributed by atoms with Gasteiger partial charge in [-0.25, -0.2) is 4.79 Å². The summed E-state index contributed by atoms with van der Waals surface area (Å²) < 4.78 is 5.46. The molecule has 0 radical (unpaired) electrons. The molecule has 1 fully saturated rings. The van der Waals surface area contributed by atoms with Crippen LogP contribution < -0.4 is 0 Å². The lowest BCUT2D eigenvalue weighted by Gasteiger charge is -2.16. The van der Waals surface area contributed by atoms with Gasteiger partial charge in [-0.15, -0.1) is 0 Å². The minimum atomic E-state index is -0.744. The smallest absolute Gasteiger partial charge is 0.335 e. The van der Waals surface area contributed by atoms with Gasteiger partial charge in [0.15, 0.2) is 12.3 Å².